The minimum absolute atomic E-state index is 0.645. The van der Waals surface area contributed by atoms with Crippen molar-refractivity contribution in [3.05, 3.63) is 23.7 Å². The number of hydrogen-bond acceptors (Lipinski definition) is 5. The van der Waals surface area contributed by atoms with Crippen LogP contribution in [0.5, 0.6) is 0 Å². The first-order valence-corrected chi connectivity index (χ1v) is 6.42. The van der Waals surface area contributed by atoms with Crippen molar-refractivity contribution in [2.75, 3.05) is 38.8 Å². The van der Waals surface area contributed by atoms with Gasteiger partial charge in [-0.2, -0.15) is 0 Å². The van der Waals surface area contributed by atoms with Gasteiger partial charge in [0, 0.05) is 19.3 Å². The van der Waals surface area contributed by atoms with E-state index in [9.17, 15) is 0 Å². The minimum Gasteiger partial charge on any atom is -0.383 e. The van der Waals surface area contributed by atoms with Crippen molar-refractivity contribution in [2.24, 2.45) is 0 Å². The van der Waals surface area contributed by atoms with Crippen molar-refractivity contribution in [2.45, 2.75) is 0 Å². The van der Waals surface area contributed by atoms with Crippen molar-refractivity contribution < 1.29 is 9.47 Å². The summed E-state index contributed by atoms with van der Waals surface area (Å²) < 4.78 is 11.5. The molecular formula is C12H16N2O2S. The van der Waals surface area contributed by atoms with Crippen LogP contribution in [0.25, 0.3) is 10.2 Å². The molecule has 0 aliphatic carbocycles. The second-order valence-electron chi connectivity index (χ2n) is 3.57. The molecule has 17 heavy (non-hydrogen) atoms. The lowest BCUT2D eigenvalue weighted by molar-refractivity contribution is 0.0759. The fourth-order valence-electron chi connectivity index (χ4n) is 1.48. The summed E-state index contributed by atoms with van der Waals surface area (Å²) in [7, 11) is 1.67. The van der Waals surface area contributed by atoms with E-state index < -0.39 is 0 Å². The predicted molar refractivity (Wildman–Crippen MR) is 70.8 cm³/mol. The number of benzene rings is 1. The number of nitrogens with one attached hydrogen (secondary N) is 1. The number of ether oxygens (including phenoxy) is 2. The van der Waals surface area contributed by atoms with Crippen molar-refractivity contribution >= 4 is 27.2 Å². The molecule has 0 spiro atoms. The van der Waals surface area contributed by atoms with E-state index in [1.165, 1.54) is 4.70 Å². The first kappa shape index (κ1) is 12.3. The van der Waals surface area contributed by atoms with Crippen LogP contribution in [-0.4, -0.2) is 38.5 Å². The van der Waals surface area contributed by atoms with Gasteiger partial charge in [-0.25, -0.2) is 4.98 Å². The number of rotatable bonds is 7. The van der Waals surface area contributed by atoms with Crippen LogP contribution in [-0.2, 0) is 9.47 Å². The van der Waals surface area contributed by atoms with Gasteiger partial charge in [0.05, 0.1) is 35.5 Å². The van der Waals surface area contributed by atoms with E-state index in [1.54, 1.807) is 18.4 Å². The van der Waals surface area contributed by atoms with Gasteiger partial charge in [0.15, 0.2) is 0 Å². The molecule has 0 saturated heterocycles. The maximum atomic E-state index is 5.37. The summed E-state index contributed by atoms with van der Waals surface area (Å²) in [5.41, 5.74) is 4.02. The Morgan fingerprint density at radius 3 is 3.12 bits per heavy atom. The Balaban J connectivity index is 1.75. The molecule has 0 atom stereocenters. The van der Waals surface area contributed by atoms with Gasteiger partial charge < -0.3 is 14.8 Å². The van der Waals surface area contributed by atoms with Gasteiger partial charge in [-0.05, 0) is 18.2 Å². The molecule has 0 aliphatic heterocycles. The molecule has 1 aromatic heterocycles. The van der Waals surface area contributed by atoms with Crippen molar-refractivity contribution in [3.8, 4) is 0 Å². The van der Waals surface area contributed by atoms with Gasteiger partial charge in [0.1, 0.15) is 0 Å². The minimum atomic E-state index is 0.645. The number of anilines is 1. The van der Waals surface area contributed by atoms with Crippen LogP contribution in [0.15, 0.2) is 23.7 Å². The highest BCUT2D eigenvalue weighted by molar-refractivity contribution is 7.16. The van der Waals surface area contributed by atoms with Crippen LogP contribution in [0.2, 0.25) is 0 Å². The number of aromatic nitrogens is 1. The summed E-state index contributed by atoms with van der Waals surface area (Å²) in [6, 6.07) is 6.18. The number of hydrogen-bond donors (Lipinski definition) is 1. The van der Waals surface area contributed by atoms with E-state index >= 15 is 0 Å². The van der Waals surface area contributed by atoms with E-state index in [-0.39, 0.29) is 0 Å². The van der Waals surface area contributed by atoms with Crippen LogP contribution in [0.3, 0.4) is 0 Å². The van der Waals surface area contributed by atoms with Crippen LogP contribution in [0, 0.1) is 0 Å². The van der Waals surface area contributed by atoms with Crippen LogP contribution < -0.4 is 5.32 Å². The SMILES string of the molecule is COCCOCCNc1ccc2ncsc2c1. The number of methoxy groups -OCH3 is 1. The standard InChI is InChI=1S/C12H16N2O2S/c1-15-6-7-16-5-4-13-10-2-3-11-12(8-10)17-9-14-11/h2-3,8-9,13H,4-7H2,1H3. The third-order valence-electron chi connectivity index (χ3n) is 2.34. The van der Waals surface area contributed by atoms with Crippen LogP contribution >= 0.6 is 11.3 Å². The molecule has 4 nitrogen and oxygen atoms in total. The van der Waals surface area contributed by atoms with E-state index in [0.29, 0.717) is 19.8 Å². The topological polar surface area (TPSA) is 43.4 Å². The maximum absolute atomic E-state index is 5.37. The fourth-order valence-corrected chi connectivity index (χ4v) is 2.19. The average Bonchev–Trinajstić information content (AvgIpc) is 2.81. The zero-order valence-electron chi connectivity index (χ0n) is 9.81. The third kappa shape index (κ3) is 3.66. The smallest absolute Gasteiger partial charge is 0.0813 e. The van der Waals surface area contributed by atoms with Crippen molar-refractivity contribution in [1.29, 1.82) is 0 Å². The maximum Gasteiger partial charge on any atom is 0.0813 e. The Bertz CT molecular complexity index is 458. The first-order chi connectivity index (χ1) is 8.40. The molecule has 0 radical (unpaired) electrons. The Morgan fingerprint density at radius 2 is 2.24 bits per heavy atom. The van der Waals surface area contributed by atoms with Crippen LogP contribution in [0.4, 0.5) is 5.69 Å². The second-order valence-corrected chi connectivity index (χ2v) is 4.45. The lowest BCUT2D eigenvalue weighted by atomic mass is 10.3. The molecule has 1 aromatic carbocycles. The molecule has 0 bridgehead atoms. The highest BCUT2D eigenvalue weighted by Crippen LogP contribution is 2.21. The van der Waals surface area contributed by atoms with Gasteiger partial charge in [-0.3, -0.25) is 0 Å². The molecule has 92 valence electrons. The lowest BCUT2D eigenvalue weighted by Crippen LogP contribution is -2.11. The summed E-state index contributed by atoms with van der Waals surface area (Å²) in [4.78, 5) is 4.24. The molecule has 2 aromatic rings. The summed E-state index contributed by atoms with van der Waals surface area (Å²) in [5, 5.41) is 3.32. The average molecular weight is 252 g/mol. The summed E-state index contributed by atoms with van der Waals surface area (Å²) in [6.45, 7) is 2.77. The monoisotopic (exact) mass is 252 g/mol. The number of nitrogens with zero attached hydrogens (tertiary/aromatic N) is 1. The normalized spacial score (nSPS) is 10.9. The summed E-state index contributed by atoms with van der Waals surface area (Å²) in [5.74, 6) is 0. The van der Waals surface area contributed by atoms with E-state index in [0.717, 1.165) is 17.7 Å². The highest BCUT2D eigenvalue weighted by atomic mass is 32.1. The van der Waals surface area contributed by atoms with E-state index in [2.05, 4.69) is 16.4 Å². The van der Waals surface area contributed by atoms with Crippen molar-refractivity contribution in [1.82, 2.24) is 4.98 Å². The molecule has 1 heterocycles. The Labute approximate surface area is 105 Å². The molecule has 0 fully saturated rings. The first-order valence-electron chi connectivity index (χ1n) is 5.54. The zero-order chi connectivity index (χ0) is 11.9. The van der Waals surface area contributed by atoms with Gasteiger partial charge in [-0.15, -0.1) is 11.3 Å². The van der Waals surface area contributed by atoms with Gasteiger partial charge in [0.25, 0.3) is 0 Å². The van der Waals surface area contributed by atoms with E-state index in [1.807, 2.05) is 17.6 Å². The third-order valence-corrected chi connectivity index (χ3v) is 3.13. The van der Waals surface area contributed by atoms with Crippen LogP contribution in [0.1, 0.15) is 0 Å². The van der Waals surface area contributed by atoms with Gasteiger partial charge in [0.2, 0.25) is 0 Å². The Hall–Kier alpha value is -1.17. The second kappa shape index (κ2) is 6.54. The largest absolute Gasteiger partial charge is 0.383 e. The molecule has 0 aliphatic rings. The summed E-state index contributed by atoms with van der Waals surface area (Å²) in [6.07, 6.45) is 0. The van der Waals surface area contributed by atoms with E-state index in [4.69, 9.17) is 9.47 Å². The predicted octanol–water partition coefficient (Wildman–Crippen LogP) is 2.37. The zero-order valence-corrected chi connectivity index (χ0v) is 10.6. The van der Waals surface area contributed by atoms with Crippen molar-refractivity contribution in [3.63, 3.8) is 0 Å². The fraction of sp³-hybridized carbons (Fsp3) is 0.417. The quantitative estimate of drug-likeness (QED) is 0.768. The van der Waals surface area contributed by atoms with Gasteiger partial charge in [-0.1, -0.05) is 0 Å². The molecule has 0 unspecified atom stereocenters. The molecule has 5 heteroatoms. The lowest BCUT2D eigenvalue weighted by Gasteiger charge is -2.07. The highest BCUT2D eigenvalue weighted by Gasteiger charge is 1.98. The summed E-state index contributed by atoms with van der Waals surface area (Å²) >= 11 is 1.65. The van der Waals surface area contributed by atoms with Gasteiger partial charge >= 0.3 is 0 Å². The molecule has 2 rings (SSSR count). The molecule has 1 N–H and O–H groups in total. The number of thiazole rings is 1. The molecule has 0 amide bonds. The Morgan fingerprint density at radius 1 is 1.29 bits per heavy atom. The molecule has 0 saturated carbocycles. The number of fused-ring (bicyclic) bond motifs is 1. The molecular weight excluding hydrogens is 236 g/mol. The Kier molecular flexibility index (Phi) is 4.73.